The van der Waals surface area contributed by atoms with Gasteiger partial charge < -0.3 is 5.32 Å². The smallest absolute Gasteiger partial charge is 0.189 e. The monoisotopic (exact) mass is 354 g/mol. The lowest BCUT2D eigenvalue weighted by Crippen LogP contribution is -2.11. The molecule has 1 aromatic heterocycles. The molecule has 1 aromatic carbocycles. The Bertz CT molecular complexity index is 755. The Hall–Kier alpha value is -2.06. The summed E-state index contributed by atoms with van der Waals surface area (Å²) in [6.45, 7) is 9.51. The molecule has 1 heterocycles. The fourth-order valence-electron chi connectivity index (χ4n) is 2.49. The minimum Gasteiger partial charge on any atom is -0.369 e. The van der Waals surface area contributed by atoms with Gasteiger partial charge in [-0.1, -0.05) is 70.1 Å². The van der Waals surface area contributed by atoms with Gasteiger partial charge in [-0.2, -0.15) is 5.26 Å². The molecule has 1 N–H and O–H groups in total. The van der Waals surface area contributed by atoms with Crippen molar-refractivity contribution < 1.29 is 0 Å². The number of rotatable bonds is 6. The Kier molecular flexibility index (Phi) is 6.44. The van der Waals surface area contributed by atoms with E-state index in [0.717, 1.165) is 24.9 Å². The average Bonchev–Trinajstić information content (AvgIpc) is 2.60. The fourth-order valence-corrected chi connectivity index (χ4v) is 2.85. The molecule has 25 heavy (non-hydrogen) atoms. The van der Waals surface area contributed by atoms with E-state index in [1.165, 1.54) is 17.3 Å². The highest BCUT2D eigenvalue weighted by molar-refractivity contribution is 7.98. The summed E-state index contributed by atoms with van der Waals surface area (Å²) in [4.78, 5) is 9.10. The first kappa shape index (κ1) is 19.3. The van der Waals surface area contributed by atoms with Gasteiger partial charge in [-0.25, -0.2) is 9.97 Å². The lowest BCUT2D eigenvalue weighted by molar-refractivity contribution is 0.590. The standard InChI is InChI=1S/C20H26N4S/c1-6-7-12-22-18-16(13-21)17(23-19(24-18)25-5)14-8-10-15(11-9-14)20(2,3)4/h8-11H,6-7,12H2,1-5H3,(H,22,23,24). The second-order valence-electron chi connectivity index (χ2n) is 7.00. The summed E-state index contributed by atoms with van der Waals surface area (Å²) >= 11 is 1.49. The number of nitrogens with one attached hydrogen (secondary N) is 1. The first-order chi connectivity index (χ1) is 11.9. The van der Waals surface area contributed by atoms with Crippen molar-refractivity contribution >= 4 is 17.6 Å². The third-order valence-electron chi connectivity index (χ3n) is 4.03. The molecule has 0 amide bonds. The van der Waals surface area contributed by atoms with Gasteiger partial charge in [0.25, 0.3) is 0 Å². The molecule has 0 saturated heterocycles. The summed E-state index contributed by atoms with van der Waals surface area (Å²) in [5.41, 5.74) is 3.51. The van der Waals surface area contributed by atoms with Gasteiger partial charge in [0, 0.05) is 12.1 Å². The van der Waals surface area contributed by atoms with Gasteiger partial charge in [0.1, 0.15) is 17.5 Å². The number of anilines is 1. The molecule has 2 aromatic rings. The number of nitriles is 1. The van der Waals surface area contributed by atoms with Crippen LogP contribution < -0.4 is 5.32 Å². The van der Waals surface area contributed by atoms with Gasteiger partial charge >= 0.3 is 0 Å². The van der Waals surface area contributed by atoms with Crippen LogP contribution in [0.15, 0.2) is 29.4 Å². The minimum absolute atomic E-state index is 0.0968. The van der Waals surface area contributed by atoms with E-state index < -0.39 is 0 Å². The molecule has 2 rings (SSSR count). The van der Waals surface area contributed by atoms with Crippen molar-refractivity contribution in [2.45, 2.75) is 51.1 Å². The Morgan fingerprint density at radius 2 is 1.84 bits per heavy atom. The summed E-state index contributed by atoms with van der Waals surface area (Å²) in [6.07, 6.45) is 4.08. The molecule has 132 valence electrons. The van der Waals surface area contributed by atoms with E-state index in [2.05, 4.69) is 61.2 Å². The summed E-state index contributed by atoms with van der Waals surface area (Å²) in [5.74, 6) is 0.630. The molecule has 0 aliphatic heterocycles. The van der Waals surface area contributed by atoms with Crippen LogP contribution in [0.5, 0.6) is 0 Å². The molecule has 0 aliphatic rings. The highest BCUT2D eigenvalue weighted by Gasteiger charge is 2.17. The number of hydrogen-bond acceptors (Lipinski definition) is 5. The van der Waals surface area contributed by atoms with Gasteiger partial charge in [-0.15, -0.1) is 0 Å². The molecule has 4 nitrogen and oxygen atoms in total. The zero-order valence-corrected chi connectivity index (χ0v) is 16.5. The topological polar surface area (TPSA) is 61.6 Å². The second-order valence-corrected chi connectivity index (χ2v) is 7.78. The molecule has 0 atom stereocenters. The maximum Gasteiger partial charge on any atom is 0.189 e. The second kappa shape index (κ2) is 8.35. The van der Waals surface area contributed by atoms with E-state index in [0.29, 0.717) is 22.2 Å². The summed E-state index contributed by atoms with van der Waals surface area (Å²) in [7, 11) is 0. The zero-order chi connectivity index (χ0) is 18.4. The lowest BCUT2D eigenvalue weighted by Gasteiger charge is -2.19. The van der Waals surface area contributed by atoms with E-state index in [9.17, 15) is 5.26 Å². The lowest BCUT2D eigenvalue weighted by atomic mass is 9.86. The molecule has 5 heteroatoms. The van der Waals surface area contributed by atoms with Crippen molar-refractivity contribution in [1.29, 1.82) is 5.26 Å². The van der Waals surface area contributed by atoms with Gasteiger partial charge in [-0.3, -0.25) is 0 Å². The van der Waals surface area contributed by atoms with Crippen molar-refractivity contribution in [1.82, 2.24) is 9.97 Å². The fraction of sp³-hybridized carbons (Fsp3) is 0.450. The molecule has 0 saturated carbocycles. The Morgan fingerprint density at radius 1 is 1.16 bits per heavy atom. The first-order valence-corrected chi connectivity index (χ1v) is 9.84. The molecule has 0 unspecified atom stereocenters. The molecule has 0 aliphatic carbocycles. The van der Waals surface area contributed by atoms with Crippen LogP contribution in [0.1, 0.15) is 51.7 Å². The molecule has 0 bridgehead atoms. The largest absolute Gasteiger partial charge is 0.369 e. The molecule has 0 fully saturated rings. The molecule has 0 spiro atoms. The number of benzene rings is 1. The summed E-state index contributed by atoms with van der Waals surface area (Å²) < 4.78 is 0. The van der Waals surface area contributed by atoms with Crippen LogP contribution in [0.3, 0.4) is 0 Å². The van der Waals surface area contributed by atoms with Crippen LogP contribution in [0.25, 0.3) is 11.3 Å². The highest BCUT2D eigenvalue weighted by Crippen LogP contribution is 2.30. The Balaban J connectivity index is 2.48. The summed E-state index contributed by atoms with van der Waals surface area (Å²) in [6, 6.07) is 10.6. The van der Waals surface area contributed by atoms with Crippen LogP contribution in [-0.2, 0) is 5.41 Å². The van der Waals surface area contributed by atoms with Crippen molar-refractivity contribution in [3.05, 3.63) is 35.4 Å². The summed E-state index contributed by atoms with van der Waals surface area (Å²) in [5, 5.41) is 13.7. The number of nitrogens with zero attached hydrogens (tertiary/aromatic N) is 3. The van der Waals surface area contributed by atoms with Crippen molar-refractivity contribution in [2.75, 3.05) is 18.1 Å². The maximum absolute atomic E-state index is 9.69. The van der Waals surface area contributed by atoms with Crippen LogP contribution >= 0.6 is 11.8 Å². The van der Waals surface area contributed by atoms with E-state index in [4.69, 9.17) is 0 Å². The Labute approximate surface area is 155 Å². The van der Waals surface area contributed by atoms with Gasteiger partial charge in [0.2, 0.25) is 0 Å². The van der Waals surface area contributed by atoms with Crippen LogP contribution in [0.4, 0.5) is 5.82 Å². The van der Waals surface area contributed by atoms with Gasteiger partial charge in [0.05, 0.1) is 5.69 Å². The van der Waals surface area contributed by atoms with Gasteiger partial charge in [-0.05, 0) is 23.7 Å². The minimum atomic E-state index is 0.0968. The van der Waals surface area contributed by atoms with Crippen molar-refractivity contribution in [3.8, 4) is 17.3 Å². The highest BCUT2D eigenvalue weighted by atomic mass is 32.2. The Morgan fingerprint density at radius 3 is 2.36 bits per heavy atom. The van der Waals surface area contributed by atoms with E-state index >= 15 is 0 Å². The van der Waals surface area contributed by atoms with Crippen molar-refractivity contribution in [2.24, 2.45) is 0 Å². The SMILES string of the molecule is CCCCNc1nc(SC)nc(-c2ccc(C(C)(C)C)cc2)c1C#N. The van der Waals surface area contributed by atoms with Crippen LogP contribution in [0, 0.1) is 11.3 Å². The zero-order valence-electron chi connectivity index (χ0n) is 15.7. The van der Waals surface area contributed by atoms with Crippen LogP contribution in [-0.4, -0.2) is 22.8 Å². The number of hydrogen-bond donors (Lipinski definition) is 1. The molecule has 0 radical (unpaired) electrons. The number of unbranched alkanes of at least 4 members (excludes halogenated alkanes) is 1. The predicted octanol–water partition coefficient (Wildman–Crippen LogP) is 5.25. The molecular weight excluding hydrogens is 328 g/mol. The van der Waals surface area contributed by atoms with E-state index in [1.807, 2.05) is 18.4 Å². The third kappa shape index (κ3) is 4.73. The van der Waals surface area contributed by atoms with E-state index in [1.54, 1.807) is 0 Å². The third-order valence-corrected chi connectivity index (χ3v) is 4.58. The predicted molar refractivity (Wildman–Crippen MR) is 106 cm³/mol. The normalized spacial score (nSPS) is 11.2. The number of thioether (sulfide) groups is 1. The average molecular weight is 355 g/mol. The molecular formula is C20H26N4S. The number of aromatic nitrogens is 2. The maximum atomic E-state index is 9.69. The quantitative estimate of drug-likeness (QED) is 0.436. The van der Waals surface area contributed by atoms with Crippen LogP contribution in [0.2, 0.25) is 0 Å². The van der Waals surface area contributed by atoms with Gasteiger partial charge in [0.15, 0.2) is 5.16 Å². The first-order valence-electron chi connectivity index (χ1n) is 8.61. The van der Waals surface area contributed by atoms with E-state index in [-0.39, 0.29) is 5.41 Å². The van der Waals surface area contributed by atoms with Crippen molar-refractivity contribution in [3.63, 3.8) is 0 Å².